The number of nitrogens with zero attached hydrogens (tertiary/aromatic N) is 6. The van der Waals surface area contributed by atoms with E-state index < -0.39 is 0 Å². The Morgan fingerprint density at radius 2 is 2.10 bits per heavy atom. The highest BCUT2D eigenvalue weighted by molar-refractivity contribution is 5.77. The number of amides is 1. The van der Waals surface area contributed by atoms with Gasteiger partial charge in [-0.1, -0.05) is 0 Å². The molecule has 112 valence electrons. The average Bonchev–Trinajstić information content (AvgIpc) is 2.94. The maximum absolute atomic E-state index is 12.0. The van der Waals surface area contributed by atoms with Gasteiger partial charge in [-0.3, -0.25) is 4.79 Å². The number of carbonyl (C=O) groups is 1. The molecule has 8 heteroatoms. The molecule has 21 heavy (non-hydrogen) atoms. The molecule has 1 unspecified atom stereocenters. The summed E-state index contributed by atoms with van der Waals surface area (Å²) in [5, 5.41) is 12.2. The first-order valence-electron chi connectivity index (χ1n) is 7.09. The van der Waals surface area contributed by atoms with Gasteiger partial charge in [0.05, 0.1) is 0 Å². The minimum absolute atomic E-state index is 0.0895. The van der Waals surface area contributed by atoms with E-state index in [0.717, 1.165) is 24.6 Å². The third-order valence-corrected chi connectivity index (χ3v) is 3.60. The van der Waals surface area contributed by atoms with E-state index in [9.17, 15) is 4.79 Å². The Labute approximate surface area is 122 Å². The van der Waals surface area contributed by atoms with Gasteiger partial charge in [0, 0.05) is 38.6 Å². The topological polar surface area (TPSA) is 92.7 Å². The second kappa shape index (κ2) is 5.65. The largest absolute Gasteiger partial charge is 0.352 e. The maximum atomic E-state index is 12.0. The van der Waals surface area contributed by atoms with Gasteiger partial charge < -0.3 is 15.5 Å². The van der Waals surface area contributed by atoms with E-state index in [4.69, 9.17) is 5.73 Å². The molecule has 1 aliphatic heterocycles. The fraction of sp³-hybridized carbons (Fsp3) is 0.538. The summed E-state index contributed by atoms with van der Waals surface area (Å²) in [6, 6.07) is 3.74. The van der Waals surface area contributed by atoms with E-state index >= 15 is 0 Å². The summed E-state index contributed by atoms with van der Waals surface area (Å²) < 4.78 is 1.66. The van der Waals surface area contributed by atoms with Crippen LogP contribution in [0.1, 0.15) is 13.3 Å². The number of rotatable bonds is 3. The van der Waals surface area contributed by atoms with E-state index in [-0.39, 0.29) is 11.9 Å². The van der Waals surface area contributed by atoms with Crippen molar-refractivity contribution < 1.29 is 4.79 Å². The van der Waals surface area contributed by atoms with E-state index in [1.165, 1.54) is 0 Å². The Bertz CT molecular complexity index is 630. The molecule has 2 aromatic rings. The number of nitrogens with two attached hydrogens (primary N) is 1. The van der Waals surface area contributed by atoms with Crippen LogP contribution in [0, 0.1) is 0 Å². The standard InChI is InChI=1S/C13H19N7O/c1-10(14)8-13(21)19-6-4-18(5-7-19)12-3-2-11-16-15-9-20(11)17-12/h2-3,9-10H,4-8,14H2,1H3. The van der Waals surface area contributed by atoms with Crippen molar-refractivity contribution in [2.45, 2.75) is 19.4 Å². The van der Waals surface area contributed by atoms with Gasteiger partial charge in [-0.2, -0.15) is 4.52 Å². The summed E-state index contributed by atoms with van der Waals surface area (Å²) >= 11 is 0. The van der Waals surface area contributed by atoms with E-state index in [1.807, 2.05) is 24.0 Å². The Morgan fingerprint density at radius 3 is 2.81 bits per heavy atom. The number of anilines is 1. The fourth-order valence-corrected chi connectivity index (χ4v) is 2.48. The molecule has 0 spiro atoms. The number of fused-ring (bicyclic) bond motifs is 1. The highest BCUT2D eigenvalue weighted by Crippen LogP contribution is 2.14. The van der Waals surface area contributed by atoms with Gasteiger partial charge >= 0.3 is 0 Å². The van der Waals surface area contributed by atoms with Crippen LogP contribution in [0.3, 0.4) is 0 Å². The monoisotopic (exact) mass is 289 g/mol. The molecule has 2 aromatic heterocycles. The lowest BCUT2D eigenvalue weighted by molar-refractivity contribution is -0.131. The number of hydrogen-bond donors (Lipinski definition) is 1. The molecule has 3 heterocycles. The zero-order chi connectivity index (χ0) is 14.8. The summed E-state index contributed by atoms with van der Waals surface area (Å²) in [5.41, 5.74) is 6.40. The van der Waals surface area contributed by atoms with Crippen LogP contribution in [-0.4, -0.2) is 62.8 Å². The summed E-state index contributed by atoms with van der Waals surface area (Å²) in [4.78, 5) is 16.0. The van der Waals surface area contributed by atoms with Crippen LogP contribution in [0.5, 0.6) is 0 Å². The van der Waals surface area contributed by atoms with Crippen molar-refractivity contribution in [1.82, 2.24) is 24.7 Å². The number of aromatic nitrogens is 4. The smallest absolute Gasteiger partial charge is 0.224 e. The lowest BCUT2D eigenvalue weighted by atomic mass is 10.2. The first-order chi connectivity index (χ1) is 10.1. The van der Waals surface area contributed by atoms with Crippen LogP contribution in [-0.2, 0) is 4.79 Å². The van der Waals surface area contributed by atoms with Crippen LogP contribution < -0.4 is 10.6 Å². The highest BCUT2D eigenvalue weighted by Gasteiger charge is 2.22. The minimum atomic E-state index is -0.0895. The zero-order valence-corrected chi connectivity index (χ0v) is 12.0. The number of piperazine rings is 1. The highest BCUT2D eigenvalue weighted by atomic mass is 16.2. The van der Waals surface area contributed by atoms with Crippen molar-refractivity contribution in [1.29, 1.82) is 0 Å². The summed E-state index contributed by atoms with van der Waals surface area (Å²) in [6.07, 6.45) is 1.99. The Hall–Kier alpha value is -2.22. The van der Waals surface area contributed by atoms with Crippen LogP contribution in [0.4, 0.5) is 5.82 Å². The molecule has 1 amide bonds. The van der Waals surface area contributed by atoms with Gasteiger partial charge in [-0.25, -0.2) is 0 Å². The van der Waals surface area contributed by atoms with Crippen molar-refractivity contribution in [3.63, 3.8) is 0 Å². The number of carbonyl (C=O) groups excluding carboxylic acids is 1. The maximum Gasteiger partial charge on any atom is 0.224 e. The van der Waals surface area contributed by atoms with E-state index in [2.05, 4.69) is 20.2 Å². The van der Waals surface area contributed by atoms with Crippen LogP contribution in [0.2, 0.25) is 0 Å². The Morgan fingerprint density at radius 1 is 1.33 bits per heavy atom. The van der Waals surface area contributed by atoms with Crippen molar-refractivity contribution in [2.24, 2.45) is 5.73 Å². The molecule has 2 N–H and O–H groups in total. The second-order valence-electron chi connectivity index (χ2n) is 5.37. The minimum Gasteiger partial charge on any atom is -0.352 e. The van der Waals surface area contributed by atoms with Crippen molar-refractivity contribution >= 4 is 17.4 Å². The molecule has 8 nitrogen and oxygen atoms in total. The first kappa shape index (κ1) is 13.7. The molecule has 1 fully saturated rings. The molecule has 3 rings (SSSR count). The quantitative estimate of drug-likeness (QED) is 0.819. The van der Waals surface area contributed by atoms with Gasteiger partial charge in [0.25, 0.3) is 0 Å². The van der Waals surface area contributed by atoms with Crippen LogP contribution in [0.15, 0.2) is 18.5 Å². The lowest BCUT2D eigenvalue weighted by Crippen LogP contribution is -2.49. The molecule has 0 aliphatic carbocycles. The first-order valence-corrected chi connectivity index (χ1v) is 7.09. The lowest BCUT2D eigenvalue weighted by Gasteiger charge is -2.35. The molecular weight excluding hydrogens is 270 g/mol. The van der Waals surface area contributed by atoms with Crippen molar-refractivity contribution in [2.75, 3.05) is 31.1 Å². The molecule has 1 aliphatic rings. The third kappa shape index (κ3) is 2.94. The van der Waals surface area contributed by atoms with Crippen LogP contribution in [0.25, 0.3) is 5.65 Å². The van der Waals surface area contributed by atoms with E-state index in [1.54, 1.807) is 10.8 Å². The number of hydrogen-bond acceptors (Lipinski definition) is 6. The SMILES string of the molecule is CC(N)CC(=O)N1CCN(c2ccc3nncn3n2)CC1. The van der Waals surface area contributed by atoms with Gasteiger partial charge in [-0.15, -0.1) is 15.3 Å². The predicted molar refractivity (Wildman–Crippen MR) is 77.8 cm³/mol. The predicted octanol–water partition coefficient (Wildman–Crippen LogP) is -0.490. The summed E-state index contributed by atoms with van der Waals surface area (Å²) in [7, 11) is 0. The summed E-state index contributed by atoms with van der Waals surface area (Å²) in [6.45, 7) is 4.80. The molecule has 0 aromatic carbocycles. The Balaban J connectivity index is 1.63. The van der Waals surface area contributed by atoms with Crippen LogP contribution >= 0.6 is 0 Å². The molecule has 0 bridgehead atoms. The summed E-state index contributed by atoms with van der Waals surface area (Å²) in [5.74, 6) is 1.01. The van der Waals surface area contributed by atoms with Gasteiger partial charge in [-0.05, 0) is 19.1 Å². The molecule has 1 atom stereocenters. The Kier molecular flexibility index (Phi) is 3.70. The van der Waals surface area contributed by atoms with Crippen molar-refractivity contribution in [3.8, 4) is 0 Å². The molecular formula is C13H19N7O. The molecule has 0 saturated carbocycles. The van der Waals surface area contributed by atoms with Gasteiger partial charge in [0.1, 0.15) is 12.1 Å². The normalized spacial score (nSPS) is 17.2. The van der Waals surface area contributed by atoms with Crippen molar-refractivity contribution in [3.05, 3.63) is 18.5 Å². The second-order valence-corrected chi connectivity index (χ2v) is 5.37. The average molecular weight is 289 g/mol. The zero-order valence-electron chi connectivity index (χ0n) is 12.0. The molecule has 1 saturated heterocycles. The third-order valence-electron chi connectivity index (χ3n) is 3.60. The van der Waals surface area contributed by atoms with Gasteiger partial charge in [0.2, 0.25) is 5.91 Å². The molecule has 0 radical (unpaired) electrons. The van der Waals surface area contributed by atoms with E-state index in [0.29, 0.717) is 19.5 Å². The fourth-order valence-electron chi connectivity index (χ4n) is 2.48. The van der Waals surface area contributed by atoms with Gasteiger partial charge in [0.15, 0.2) is 5.65 Å².